The van der Waals surface area contributed by atoms with Crippen molar-refractivity contribution in [2.45, 2.75) is 144 Å². The number of nitrogens with two attached hydrogens (primary N) is 4. The van der Waals surface area contributed by atoms with Crippen LogP contribution in [0, 0.1) is 0 Å². The van der Waals surface area contributed by atoms with Gasteiger partial charge < -0.3 is 80.4 Å². The Morgan fingerprint density at radius 3 is 2.00 bits per heavy atom. The van der Waals surface area contributed by atoms with Gasteiger partial charge in [-0.3, -0.25) is 53.5 Å². The van der Waals surface area contributed by atoms with Gasteiger partial charge in [0.1, 0.15) is 18.2 Å². The highest BCUT2D eigenvalue weighted by molar-refractivity contribution is 8.00. The molecule has 7 amide bonds. The summed E-state index contributed by atoms with van der Waals surface area (Å²) < 4.78 is 5.04. The first kappa shape index (κ1) is 60.2. The molecule has 27 nitrogen and oxygen atoms in total. The summed E-state index contributed by atoms with van der Waals surface area (Å²) in [6.07, 6.45) is 2.79. The number of carboxylic acids is 2. The number of nitrogens with one attached hydrogen (secondary N) is 9. The molecule has 10 atom stereocenters. The van der Waals surface area contributed by atoms with Crippen molar-refractivity contribution in [2.75, 3.05) is 38.5 Å². The lowest BCUT2D eigenvalue weighted by atomic mass is 10.1. The lowest BCUT2D eigenvalue weighted by Crippen LogP contribution is -2.60. The predicted molar refractivity (Wildman–Crippen MR) is 249 cm³/mol. The first-order chi connectivity index (χ1) is 32.3. The highest BCUT2D eigenvalue weighted by Gasteiger charge is 2.37. The minimum Gasteiger partial charge on any atom is -0.481 e. The average Bonchev–Trinajstić information content (AvgIpc) is 3.77. The molecule has 1 heterocycles. The fourth-order valence-corrected chi connectivity index (χ4v) is 8.17. The zero-order valence-corrected chi connectivity index (χ0v) is 39.4. The van der Waals surface area contributed by atoms with Crippen LogP contribution in [0.4, 0.5) is 0 Å². The van der Waals surface area contributed by atoms with Crippen molar-refractivity contribution in [3.63, 3.8) is 0 Å². The Morgan fingerprint density at radius 1 is 0.779 bits per heavy atom. The largest absolute Gasteiger partial charge is 0.481 e. The third-order valence-electron chi connectivity index (χ3n) is 10.6. The molecule has 0 radical (unpaired) electrons. The maximum atomic E-state index is 13.8. The Kier molecular flexibility index (Phi) is 30.5. The number of primary amides is 1. The Hall–Kier alpha value is -5.84. The highest BCUT2D eigenvalue weighted by Crippen LogP contribution is 2.24. The lowest BCUT2D eigenvalue weighted by Gasteiger charge is -2.30. The molecule has 10 unspecified atom stereocenters. The van der Waals surface area contributed by atoms with Crippen LogP contribution in [0.15, 0.2) is 4.99 Å². The number of unbranched alkanes of at least 4 members (excludes halogenated alkanes) is 2. The van der Waals surface area contributed by atoms with Crippen LogP contribution in [0.2, 0.25) is 0 Å². The number of hydrogen-bond donors (Lipinski definition) is 15. The summed E-state index contributed by atoms with van der Waals surface area (Å²) in [5, 5.41) is 43.6. The van der Waals surface area contributed by atoms with Crippen molar-refractivity contribution < 1.29 is 62.9 Å². The number of aliphatic imine (C=N–C) groups is 1. The van der Waals surface area contributed by atoms with Crippen LogP contribution in [0.25, 0.3) is 0 Å². The summed E-state index contributed by atoms with van der Waals surface area (Å²) >= 11 is 1.27. The van der Waals surface area contributed by atoms with Gasteiger partial charge in [-0.05, 0) is 71.6 Å². The van der Waals surface area contributed by atoms with E-state index in [1.165, 1.54) is 25.6 Å². The molecule has 0 saturated carbocycles. The van der Waals surface area contributed by atoms with Gasteiger partial charge in [-0.1, -0.05) is 0 Å². The van der Waals surface area contributed by atoms with E-state index in [-0.39, 0.29) is 63.5 Å². The molecular weight excluding hydrogens is 917 g/mol. The number of guanidine groups is 1. The van der Waals surface area contributed by atoms with Gasteiger partial charge in [0.05, 0.1) is 29.5 Å². The van der Waals surface area contributed by atoms with Gasteiger partial charge in [0.25, 0.3) is 6.47 Å². The van der Waals surface area contributed by atoms with Crippen LogP contribution in [0.3, 0.4) is 0 Å². The number of hydrogen-bond acceptors (Lipinski definition) is 17. The summed E-state index contributed by atoms with van der Waals surface area (Å²) in [5.74, 6) is -5.74. The van der Waals surface area contributed by atoms with E-state index in [2.05, 4.69) is 52.8 Å². The van der Waals surface area contributed by atoms with E-state index in [0.717, 1.165) is 0 Å². The van der Waals surface area contributed by atoms with Crippen molar-refractivity contribution in [3.05, 3.63) is 0 Å². The Labute approximate surface area is 399 Å². The molecule has 0 bridgehead atoms. The Balaban J connectivity index is 3.09. The number of nitrogens with zero attached hydrogens (tertiary/aromatic N) is 1. The van der Waals surface area contributed by atoms with Crippen molar-refractivity contribution in [1.29, 1.82) is 0 Å². The number of ether oxygens (including phenoxy) is 1. The van der Waals surface area contributed by atoms with E-state index in [1.807, 2.05) is 0 Å². The number of amides is 7. The van der Waals surface area contributed by atoms with Crippen molar-refractivity contribution in [2.24, 2.45) is 27.9 Å². The molecule has 68 heavy (non-hydrogen) atoms. The number of thioether (sulfide) groups is 1. The maximum Gasteiger partial charge on any atom is 0.326 e. The first-order valence-electron chi connectivity index (χ1n) is 22.4. The molecule has 0 aromatic heterocycles. The number of aliphatic carboxylic acids is 2. The van der Waals surface area contributed by atoms with E-state index in [0.29, 0.717) is 64.4 Å². The normalized spacial score (nSPS) is 17.8. The van der Waals surface area contributed by atoms with Crippen molar-refractivity contribution in [1.82, 2.24) is 47.9 Å². The molecule has 0 spiro atoms. The smallest absolute Gasteiger partial charge is 0.326 e. The van der Waals surface area contributed by atoms with Crippen LogP contribution in [-0.2, 0) is 52.7 Å². The van der Waals surface area contributed by atoms with Gasteiger partial charge in [0.2, 0.25) is 42.4 Å². The van der Waals surface area contributed by atoms with Crippen molar-refractivity contribution in [3.8, 4) is 0 Å². The summed E-state index contributed by atoms with van der Waals surface area (Å²) in [6, 6.07) is -7.62. The molecule has 1 aliphatic rings. The molecular formula is C40H72N14O13S. The van der Waals surface area contributed by atoms with E-state index < -0.39 is 108 Å². The standard InChI is InChI=1S/C40H72N14O13S/c1-23(48-17-25(8-3-5-13-45-20-55)50-35(62)27(41)9-4-6-14-46-21-56)34(61)54-33(24(2)67-22-57)37(64)51-26(16-31(42)58)18-49-28(11-12-32(59)60)38-53-30(19-68-38)36(63)52-29(39(65)66)10-7-15-47-40(43)44/h20-30,33,38,48-49,53H,3-19,41H2,1-2H3,(H2,42,58)(H,45,55)(H,46,56)(H,50,62)(H,51,64)(H,52,63)(H,54,61)(H,59,60)(H,65,66)(H4,43,44,47). The molecule has 19 N–H and O–H groups in total. The lowest BCUT2D eigenvalue weighted by molar-refractivity contribution is -0.142. The second-order valence-corrected chi connectivity index (χ2v) is 17.3. The molecule has 0 aliphatic carbocycles. The fourth-order valence-electron chi connectivity index (χ4n) is 6.80. The molecule has 386 valence electrons. The molecule has 1 fully saturated rings. The fraction of sp³-hybridized carbons (Fsp3) is 0.725. The van der Waals surface area contributed by atoms with Gasteiger partial charge in [-0.2, -0.15) is 0 Å². The van der Waals surface area contributed by atoms with E-state index in [1.54, 1.807) is 0 Å². The molecule has 1 aliphatic heterocycles. The molecule has 1 saturated heterocycles. The number of carbonyl (C=O) groups is 10. The molecule has 0 aromatic rings. The van der Waals surface area contributed by atoms with Gasteiger partial charge in [-0.25, -0.2) is 4.79 Å². The van der Waals surface area contributed by atoms with Gasteiger partial charge in [0, 0.05) is 63.4 Å². The predicted octanol–water partition coefficient (Wildman–Crippen LogP) is -5.51. The zero-order valence-electron chi connectivity index (χ0n) is 38.6. The summed E-state index contributed by atoms with van der Waals surface area (Å²) in [7, 11) is 0. The molecule has 0 aromatic carbocycles. The number of carbonyl (C=O) groups excluding carboxylic acids is 8. The summed E-state index contributed by atoms with van der Waals surface area (Å²) in [5.41, 5.74) is 22.3. The van der Waals surface area contributed by atoms with E-state index in [9.17, 15) is 58.2 Å². The highest BCUT2D eigenvalue weighted by atomic mass is 32.2. The second-order valence-electron chi connectivity index (χ2n) is 16.1. The van der Waals surface area contributed by atoms with Crippen LogP contribution in [0.5, 0.6) is 0 Å². The van der Waals surface area contributed by atoms with Crippen molar-refractivity contribution >= 4 is 78.5 Å². The van der Waals surface area contributed by atoms with Crippen LogP contribution in [0.1, 0.15) is 84.5 Å². The maximum absolute atomic E-state index is 13.8. The van der Waals surface area contributed by atoms with Crippen LogP contribution in [-0.4, -0.2) is 175 Å². The quantitative estimate of drug-likeness (QED) is 0.0118. The monoisotopic (exact) mass is 989 g/mol. The van der Waals surface area contributed by atoms with Crippen LogP contribution < -0.4 is 70.8 Å². The average molecular weight is 989 g/mol. The number of carboxylic acid groups (broad SMARTS) is 2. The topological polar surface area (TPSA) is 445 Å². The van der Waals surface area contributed by atoms with Gasteiger partial charge in [-0.15, -0.1) is 11.8 Å². The van der Waals surface area contributed by atoms with Gasteiger partial charge >= 0.3 is 11.9 Å². The minimum atomic E-state index is -1.50. The SMILES string of the molecule is CC(NCC(CCCCNC=O)NC(=O)C(N)CCCCNC=O)C(=O)NC(C(=O)NC(CNC(CCC(=O)O)C1NC(C(=O)NC(CCCN=C(N)N)C(=O)O)CS1)CC(N)=O)C(C)OC=O. The Bertz CT molecular complexity index is 1660. The summed E-state index contributed by atoms with van der Waals surface area (Å²) in [4.78, 5) is 126. The van der Waals surface area contributed by atoms with Crippen LogP contribution >= 0.6 is 11.8 Å². The van der Waals surface area contributed by atoms with E-state index in [4.69, 9.17) is 27.7 Å². The third kappa shape index (κ3) is 25.9. The third-order valence-corrected chi connectivity index (χ3v) is 11.9. The van der Waals surface area contributed by atoms with Gasteiger partial charge in [0.15, 0.2) is 5.96 Å². The first-order valence-corrected chi connectivity index (χ1v) is 23.4. The second kappa shape index (κ2) is 34.4. The molecule has 1 rings (SSSR count). The zero-order chi connectivity index (χ0) is 51.0. The number of rotatable bonds is 40. The minimum absolute atomic E-state index is 0.0258. The molecule has 28 heteroatoms. The van der Waals surface area contributed by atoms with E-state index >= 15 is 0 Å². The Morgan fingerprint density at radius 2 is 1.41 bits per heavy atom. The summed E-state index contributed by atoms with van der Waals surface area (Å²) in [6.45, 7) is 3.90.